The van der Waals surface area contributed by atoms with Crippen molar-refractivity contribution in [3.8, 4) is 0 Å². The van der Waals surface area contributed by atoms with Crippen molar-refractivity contribution in [2.24, 2.45) is 12.0 Å². The summed E-state index contributed by atoms with van der Waals surface area (Å²) >= 11 is 0. The third-order valence-corrected chi connectivity index (χ3v) is 6.06. The number of aromatic nitrogens is 2. The Kier molecular flexibility index (Phi) is 7.54. The van der Waals surface area contributed by atoms with Gasteiger partial charge in [0.2, 0.25) is 6.29 Å². The highest BCUT2D eigenvalue weighted by Crippen LogP contribution is 2.37. The van der Waals surface area contributed by atoms with Gasteiger partial charge in [-0.25, -0.2) is 4.79 Å². The van der Waals surface area contributed by atoms with Gasteiger partial charge in [0.25, 0.3) is 0 Å². The maximum Gasteiger partial charge on any atom is 0.511 e. The average molecular weight is 468 g/mol. The summed E-state index contributed by atoms with van der Waals surface area (Å²) in [5.41, 5.74) is 5.93. The van der Waals surface area contributed by atoms with E-state index in [0.29, 0.717) is 12.2 Å². The largest absolute Gasteiger partial charge is 0.511 e. The molecule has 184 valence electrons. The van der Waals surface area contributed by atoms with Gasteiger partial charge in [0.1, 0.15) is 17.8 Å². The molecule has 7 nitrogen and oxygen atoms in total. The molecule has 2 aromatic rings. The molecule has 0 spiro atoms. The minimum atomic E-state index is -0.872. The van der Waals surface area contributed by atoms with Crippen molar-refractivity contribution in [3.63, 3.8) is 0 Å². The number of benzene rings is 1. The van der Waals surface area contributed by atoms with Crippen molar-refractivity contribution in [2.75, 3.05) is 0 Å². The minimum absolute atomic E-state index is 0.0475. The molecule has 1 aromatic heterocycles. The van der Waals surface area contributed by atoms with Crippen molar-refractivity contribution in [1.82, 2.24) is 9.78 Å². The normalized spacial score (nSPS) is 17.6. The molecule has 3 atom stereocenters. The van der Waals surface area contributed by atoms with Crippen LogP contribution < -0.4 is 0 Å². The third kappa shape index (κ3) is 5.88. The highest BCUT2D eigenvalue weighted by Gasteiger charge is 2.31. The van der Waals surface area contributed by atoms with Gasteiger partial charge in [0.15, 0.2) is 5.76 Å². The van der Waals surface area contributed by atoms with Gasteiger partial charge in [-0.05, 0) is 43.7 Å². The maximum absolute atomic E-state index is 12.2. The Hall–Kier alpha value is -3.09. The number of aliphatic imine (C=N–C) groups is 1. The van der Waals surface area contributed by atoms with Crippen molar-refractivity contribution in [2.45, 2.75) is 85.7 Å². The van der Waals surface area contributed by atoms with Crippen molar-refractivity contribution < 1.29 is 19.0 Å². The van der Waals surface area contributed by atoms with Gasteiger partial charge in [-0.3, -0.25) is 9.67 Å². The van der Waals surface area contributed by atoms with E-state index < -0.39 is 12.4 Å². The number of rotatable bonds is 8. The lowest BCUT2D eigenvalue weighted by Crippen LogP contribution is -2.23. The predicted octanol–water partition coefficient (Wildman–Crippen LogP) is 5.97. The van der Waals surface area contributed by atoms with Gasteiger partial charge < -0.3 is 14.2 Å². The number of carbonyl (C=O) groups is 1. The van der Waals surface area contributed by atoms with E-state index in [0.717, 1.165) is 28.1 Å². The molecular formula is C27H37N3O4. The lowest BCUT2D eigenvalue weighted by molar-refractivity contribution is -0.0754. The zero-order valence-corrected chi connectivity index (χ0v) is 21.8. The molecule has 0 aliphatic carbocycles. The molecule has 1 aromatic carbocycles. The van der Waals surface area contributed by atoms with E-state index in [1.165, 1.54) is 5.56 Å². The van der Waals surface area contributed by atoms with Gasteiger partial charge in [-0.2, -0.15) is 5.10 Å². The van der Waals surface area contributed by atoms with E-state index in [1.54, 1.807) is 11.6 Å². The first-order valence-corrected chi connectivity index (χ1v) is 11.8. The maximum atomic E-state index is 12.2. The summed E-state index contributed by atoms with van der Waals surface area (Å²) in [6.07, 6.45) is 0.740. The summed E-state index contributed by atoms with van der Waals surface area (Å²) in [5.74, 6) is 0.593. The fourth-order valence-corrected chi connectivity index (χ4v) is 3.71. The highest BCUT2D eigenvalue weighted by molar-refractivity contribution is 6.04. The molecule has 0 radical (unpaired) electrons. The van der Waals surface area contributed by atoms with Gasteiger partial charge in [0, 0.05) is 31.3 Å². The number of nitrogens with zero attached hydrogens (tertiary/aromatic N) is 3. The molecule has 0 N–H and O–H groups in total. The van der Waals surface area contributed by atoms with E-state index in [-0.39, 0.29) is 17.6 Å². The van der Waals surface area contributed by atoms with E-state index >= 15 is 0 Å². The Bertz CT molecular complexity index is 1080. The van der Waals surface area contributed by atoms with Crippen molar-refractivity contribution in [1.29, 1.82) is 0 Å². The van der Waals surface area contributed by atoms with E-state index in [4.69, 9.17) is 14.2 Å². The summed E-state index contributed by atoms with van der Waals surface area (Å²) in [4.78, 5) is 16.7. The fraction of sp³-hybridized carbons (Fsp3) is 0.519. The zero-order chi connectivity index (χ0) is 25.2. The Morgan fingerprint density at radius 2 is 1.71 bits per heavy atom. The molecule has 7 heteroatoms. The smallest absolute Gasteiger partial charge is 0.452 e. The Balaban J connectivity index is 2.05. The van der Waals surface area contributed by atoms with Crippen LogP contribution in [0, 0.1) is 13.8 Å². The number of carbonyl (C=O) groups excluding carboxylic acids is 1. The summed E-state index contributed by atoms with van der Waals surface area (Å²) in [6.45, 7) is 16.0. The van der Waals surface area contributed by atoms with Crippen molar-refractivity contribution in [3.05, 3.63) is 52.3 Å². The molecule has 0 amide bonds. The zero-order valence-electron chi connectivity index (χ0n) is 21.8. The minimum Gasteiger partial charge on any atom is -0.452 e. The first-order chi connectivity index (χ1) is 15.9. The molecular weight excluding hydrogens is 430 g/mol. The first-order valence-electron chi connectivity index (χ1n) is 11.8. The van der Waals surface area contributed by atoms with E-state index in [2.05, 4.69) is 55.1 Å². The molecule has 0 fully saturated rings. The van der Waals surface area contributed by atoms with Gasteiger partial charge in [-0.15, -0.1) is 0 Å². The molecule has 3 rings (SSSR count). The Morgan fingerprint density at radius 3 is 2.18 bits per heavy atom. The summed E-state index contributed by atoms with van der Waals surface area (Å²) in [6, 6.07) is 8.37. The SMILES string of the molecule is CCC(C)OC(=O)OC(C)O/C(=C(\c1ccc(C(C)(C)C)cc1)C1C=N1)c1c(C)c(C)nn1C. The quantitative estimate of drug-likeness (QED) is 0.272. The van der Waals surface area contributed by atoms with Crippen LogP contribution in [0.15, 0.2) is 29.3 Å². The number of aryl methyl sites for hydroxylation is 2. The predicted molar refractivity (Wildman–Crippen MR) is 135 cm³/mol. The highest BCUT2D eigenvalue weighted by atomic mass is 16.8. The second-order valence-corrected chi connectivity index (χ2v) is 9.89. The topological polar surface area (TPSA) is 74.9 Å². The average Bonchev–Trinajstić information content (AvgIpc) is 3.54. The number of hydrogen-bond acceptors (Lipinski definition) is 6. The van der Waals surface area contributed by atoms with Gasteiger partial charge in [0.05, 0.1) is 5.69 Å². The van der Waals surface area contributed by atoms with Gasteiger partial charge in [-0.1, -0.05) is 52.0 Å². The van der Waals surface area contributed by atoms with Crippen LogP contribution >= 0.6 is 0 Å². The van der Waals surface area contributed by atoms with E-state index in [9.17, 15) is 4.79 Å². The van der Waals surface area contributed by atoms with Gasteiger partial charge >= 0.3 is 6.16 Å². The van der Waals surface area contributed by atoms with Crippen molar-refractivity contribution >= 4 is 23.7 Å². The van der Waals surface area contributed by atoms with Crippen LogP contribution in [0.3, 0.4) is 0 Å². The molecule has 0 saturated heterocycles. The second kappa shape index (κ2) is 10.0. The third-order valence-electron chi connectivity index (χ3n) is 6.06. The molecule has 3 unspecified atom stereocenters. The monoisotopic (exact) mass is 467 g/mol. The van der Waals surface area contributed by atoms with Crippen LogP contribution in [0.1, 0.15) is 76.0 Å². The molecule has 0 saturated carbocycles. The second-order valence-electron chi connectivity index (χ2n) is 9.89. The Morgan fingerprint density at radius 1 is 1.09 bits per heavy atom. The van der Waals surface area contributed by atoms with Crippen LogP contribution in [0.5, 0.6) is 0 Å². The number of ether oxygens (including phenoxy) is 3. The van der Waals surface area contributed by atoms with Crippen LogP contribution in [-0.2, 0) is 26.7 Å². The lowest BCUT2D eigenvalue weighted by Gasteiger charge is -2.23. The molecule has 2 heterocycles. The summed E-state index contributed by atoms with van der Waals surface area (Å²) in [5, 5.41) is 4.58. The fourth-order valence-electron chi connectivity index (χ4n) is 3.71. The van der Waals surface area contributed by atoms with Crippen LogP contribution in [0.25, 0.3) is 11.3 Å². The summed E-state index contributed by atoms with van der Waals surface area (Å²) < 4.78 is 18.8. The summed E-state index contributed by atoms with van der Waals surface area (Å²) in [7, 11) is 1.88. The first kappa shape index (κ1) is 25.5. The molecule has 1 aliphatic heterocycles. The molecule has 34 heavy (non-hydrogen) atoms. The Labute approximate surface area is 202 Å². The standard InChI is InChI=1S/C27H37N3O4/c1-10-16(2)32-26(31)34-19(5)33-25(24-17(3)18(4)29-30(24)9)23(22-15-28-22)20-11-13-21(14-12-20)27(6,7)8/h11-16,19,22H,10H2,1-9H3/b25-23+. The molecule has 1 aliphatic rings. The molecule has 0 bridgehead atoms. The van der Waals surface area contributed by atoms with Crippen LogP contribution in [0.2, 0.25) is 0 Å². The van der Waals surface area contributed by atoms with Crippen LogP contribution in [-0.4, -0.2) is 40.6 Å². The van der Waals surface area contributed by atoms with Crippen LogP contribution in [0.4, 0.5) is 4.79 Å². The number of hydrogen-bond donors (Lipinski definition) is 0. The van der Waals surface area contributed by atoms with E-state index in [1.807, 2.05) is 41.0 Å². The lowest BCUT2D eigenvalue weighted by atomic mass is 9.85.